The Hall–Kier alpha value is -2.07. The number of rotatable bonds is 2. The van der Waals surface area contributed by atoms with Gasteiger partial charge in [0.25, 0.3) is 0 Å². The Labute approximate surface area is 94.8 Å². The van der Waals surface area contributed by atoms with Crippen LogP contribution in [0.4, 0.5) is 18.9 Å². The van der Waals surface area contributed by atoms with Crippen molar-refractivity contribution in [3.05, 3.63) is 29.8 Å². The van der Waals surface area contributed by atoms with Gasteiger partial charge < -0.3 is 0 Å². The van der Waals surface area contributed by atoms with Crippen molar-refractivity contribution in [1.82, 2.24) is 0 Å². The number of alkyl halides is 3. The molecule has 0 bridgehead atoms. The normalized spacial score (nSPS) is 10.8. The first-order valence-corrected chi connectivity index (χ1v) is 4.36. The van der Waals surface area contributed by atoms with Gasteiger partial charge in [0.2, 0.25) is 0 Å². The fourth-order valence-electron chi connectivity index (χ4n) is 1.15. The number of halogens is 3. The number of benzene rings is 1. The molecule has 0 saturated carbocycles. The van der Waals surface area contributed by atoms with E-state index in [1.807, 2.05) is 0 Å². The van der Waals surface area contributed by atoms with Crippen LogP contribution in [0.1, 0.15) is 5.56 Å². The summed E-state index contributed by atoms with van der Waals surface area (Å²) in [5.41, 5.74) is -0.341. The SMILES string of the molecule is CON(C(=O)C(F)(F)F)c1ccccc1C#N. The molecule has 0 N–H and O–H groups in total. The van der Waals surface area contributed by atoms with E-state index in [4.69, 9.17) is 5.26 Å². The topological polar surface area (TPSA) is 53.3 Å². The van der Waals surface area contributed by atoms with E-state index in [1.54, 1.807) is 6.07 Å². The average Bonchev–Trinajstić information content (AvgIpc) is 2.29. The third kappa shape index (κ3) is 2.73. The molecule has 0 heterocycles. The van der Waals surface area contributed by atoms with Crippen LogP contribution in [-0.4, -0.2) is 19.2 Å². The van der Waals surface area contributed by atoms with Gasteiger partial charge in [-0.15, -0.1) is 0 Å². The smallest absolute Gasteiger partial charge is 0.269 e. The first-order valence-electron chi connectivity index (χ1n) is 4.36. The molecular formula is C10H7F3N2O2. The van der Waals surface area contributed by atoms with Crippen molar-refractivity contribution in [2.24, 2.45) is 0 Å². The largest absolute Gasteiger partial charge is 0.473 e. The van der Waals surface area contributed by atoms with Crippen LogP contribution in [0.5, 0.6) is 0 Å². The molecule has 1 rings (SSSR count). The molecule has 0 aliphatic rings. The maximum absolute atomic E-state index is 12.3. The molecule has 0 saturated heterocycles. The Morgan fingerprint density at radius 1 is 1.41 bits per heavy atom. The number of carbonyl (C=O) groups is 1. The lowest BCUT2D eigenvalue weighted by atomic mass is 10.2. The van der Waals surface area contributed by atoms with Crippen molar-refractivity contribution in [1.29, 1.82) is 5.26 Å². The number of anilines is 1. The third-order valence-corrected chi connectivity index (χ3v) is 1.85. The van der Waals surface area contributed by atoms with E-state index < -0.39 is 12.1 Å². The molecule has 1 aromatic rings. The number of amides is 1. The van der Waals surface area contributed by atoms with Crippen molar-refractivity contribution in [2.45, 2.75) is 6.18 Å². The second-order valence-corrected chi connectivity index (χ2v) is 2.91. The number of nitriles is 1. The van der Waals surface area contributed by atoms with Gasteiger partial charge in [-0.1, -0.05) is 12.1 Å². The van der Waals surface area contributed by atoms with Crippen LogP contribution in [0.25, 0.3) is 0 Å². The second kappa shape index (κ2) is 4.84. The van der Waals surface area contributed by atoms with Crippen LogP contribution in [0.15, 0.2) is 24.3 Å². The van der Waals surface area contributed by atoms with E-state index in [9.17, 15) is 18.0 Å². The molecule has 0 aliphatic carbocycles. The van der Waals surface area contributed by atoms with E-state index in [-0.39, 0.29) is 16.3 Å². The van der Waals surface area contributed by atoms with Crippen LogP contribution < -0.4 is 5.06 Å². The number of carbonyl (C=O) groups excluding carboxylic acids is 1. The first kappa shape index (κ1) is 13.0. The maximum atomic E-state index is 12.3. The van der Waals surface area contributed by atoms with Crippen LogP contribution in [0, 0.1) is 11.3 Å². The number of nitrogens with zero attached hydrogens (tertiary/aromatic N) is 2. The molecule has 0 fully saturated rings. The Bertz CT molecular complexity index is 465. The van der Waals surface area contributed by atoms with Gasteiger partial charge in [0.1, 0.15) is 6.07 Å². The monoisotopic (exact) mass is 244 g/mol. The Balaban J connectivity index is 3.20. The summed E-state index contributed by atoms with van der Waals surface area (Å²) in [6.45, 7) is 0. The molecule has 0 spiro atoms. The number of hydrogen-bond acceptors (Lipinski definition) is 3. The van der Waals surface area contributed by atoms with E-state index >= 15 is 0 Å². The summed E-state index contributed by atoms with van der Waals surface area (Å²) in [6, 6.07) is 7.01. The molecule has 0 atom stereocenters. The average molecular weight is 244 g/mol. The lowest BCUT2D eigenvalue weighted by Crippen LogP contribution is -2.40. The van der Waals surface area contributed by atoms with Gasteiger partial charge >= 0.3 is 12.1 Å². The van der Waals surface area contributed by atoms with Gasteiger partial charge in [-0.25, -0.2) is 0 Å². The molecular weight excluding hydrogens is 237 g/mol. The molecule has 0 aliphatic heterocycles. The van der Waals surface area contributed by atoms with Gasteiger partial charge in [0, 0.05) is 0 Å². The minimum atomic E-state index is -5.07. The summed E-state index contributed by atoms with van der Waals surface area (Å²) in [7, 11) is 0.914. The molecule has 4 nitrogen and oxygen atoms in total. The number of para-hydroxylation sites is 1. The lowest BCUT2D eigenvalue weighted by molar-refractivity contribution is -0.177. The summed E-state index contributed by atoms with van der Waals surface area (Å²) in [4.78, 5) is 15.4. The van der Waals surface area contributed by atoms with Crippen molar-refractivity contribution < 1.29 is 22.8 Å². The maximum Gasteiger partial charge on any atom is 0.473 e. The Morgan fingerprint density at radius 3 is 2.47 bits per heavy atom. The highest BCUT2D eigenvalue weighted by atomic mass is 19.4. The second-order valence-electron chi connectivity index (χ2n) is 2.91. The Morgan fingerprint density at radius 2 is 2.00 bits per heavy atom. The number of hydrogen-bond donors (Lipinski definition) is 0. The van der Waals surface area contributed by atoms with Gasteiger partial charge in [0.15, 0.2) is 0 Å². The van der Waals surface area contributed by atoms with Crippen molar-refractivity contribution in [2.75, 3.05) is 12.2 Å². The van der Waals surface area contributed by atoms with Crippen molar-refractivity contribution in [3.8, 4) is 6.07 Å². The molecule has 17 heavy (non-hydrogen) atoms. The molecule has 1 aromatic carbocycles. The summed E-state index contributed by atoms with van der Waals surface area (Å²) < 4.78 is 36.8. The summed E-state index contributed by atoms with van der Waals surface area (Å²) in [5.74, 6) is -2.19. The first-order chi connectivity index (χ1) is 7.91. The van der Waals surface area contributed by atoms with Crippen LogP contribution in [-0.2, 0) is 9.63 Å². The summed E-state index contributed by atoms with van der Waals surface area (Å²) in [6.07, 6.45) is -5.07. The molecule has 90 valence electrons. The van der Waals surface area contributed by atoms with E-state index in [2.05, 4.69) is 4.84 Å². The van der Waals surface area contributed by atoms with Crippen molar-refractivity contribution >= 4 is 11.6 Å². The van der Waals surface area contributed by atoms with Gasteiger partial charge in [-0.3, -0.25) is 9.63 Å². The zero-order valence-electron chi connectivity index (χ0n) is 8.65. The minimum absolute atomic E-state index is 0.0402. The predicted molar refractivity (Wildman–Crippen MR) is 51.7 cm³/mol. The molecule has 0 unspecified atom stereocenters. The minimum Gasteiger partial charge on any atom is -0.269 e. The van der Waals surface area contributed by atoms with E-state index in [1.165, 1.54) is 24.3 Å². The van der Waals surface area contributed by atoms with Crippen LogP contribution in [0.2, 0.25) is 0 Å². The highest BCUT2D eigenvalue weighted by Crippen LogP contribution is 2.26. The van der Waals surface area contributed by atoms with Crippen LogP contribution >= 0.6 is 0 Å². The fourth-order valence-corrected chi connectivity index (χ4v) is 1.15. The molecule has 1 amide bonds. The van der Waals surface area contributed by atoms with Crippen LogP contribution in [0.3, 0.4) is 0 Å². The molecule has 0 radical (unpaired) electrons. The standard InChI is InChI=1S/C10H7F3N2O2/c1-17-15(9(16)10(11,12)13)8-5-3-2-4-7(8)6-14/h2-5H,1H3. The van der Waals surface area contributed by atoms with E-state index in [0.29, 0.717) is 0 Å². The zero-order chi connectivity index (χ0) is 13.1. The van der Waals surface area contributed by atoms with Crippen molar-refractivity contribution in [3.63, 3.8) is 0 Å². The highest BCUT2D eigenvalue weighted by molar-refractivity contribution is 5.96. The number of hydroxylamine groups is 1. The third-order valence-electron chi connectivity index (χ3n) is 1.85. The quantitative estimate of drug-likeness (QED) is 0.748. The summed E-state index contributed by atoms with van der Waals surface area (Å²) in [5, 5.41) is 8.76. The van der Waals surface area contributed by atoms with Gasteiger partial charge in [0.05, 0.1) is 18.4 Å². The Kier molecular flexibility index (Phi) is 3.70. The summed E-state index contributed by atoms with van der Waals surface area (Å²) >= 11 is 0. The molecule has 7 heteroatoms. The molecule has 0 aromatic heterocycles. The van der Waals surface area contributed by atoms with Gasteiger partial charge in [-0.05, 0) is 12.1 Å². The highest BCUT2D eigenvalue weighted by Gasteiger charge is 2.44. The van der Waals surface area contributed by atoms with E-state index in [0.717, 1.165) is 7.11 Å². The lowest BCUT2D eigenvalue weighted by Gasteiger charge is -2.21. The predicted octanol–water partition coefficient (Wildman–Crippen LogP) is 2.01. The fraction of sp³-hybridized carbons (Fsp3) is 0.200. The zero-order valence-corrected chi connectivity index (χ0v) is 8.65. The van der Waals surface area contributed by atoms with Gasteiger partial charge in [-0.2, -0.15) is 23.5 Å².